The van der Waals surface area contributed by atoms with E-state index in [0.29, 0.717) is 5.56 Å². The highest BCUT2D eigenvalue weighted by Crippen LogP contribution is 2.42. The van der Waals surface area contributed by atoms with Crippen LogP contribution >= 0.6 is 0 Å². The van der Waals surface area contributed by atoms with Gasteiger partial charge in [0.15, 0.2) is 0 Å². The van der Waals surface area contributed by atoms with E-state index in [1.54, 1.807) is 0 Å². The van der Waals surface area contributed by atoms with Crippen molar-refractivity contribution in [3.05, 3.63) is 230 Å². The van der Waals surface area contributed by atoms with Crippen molar-refractivity contribution in [3.63, 3.8) is 0 Å². The van der Waals surface area contributed by atoms with E-state index in [1.165, 1.54) is 54.4 Å². The third-order valence-electron chi connectivity index (χ3n) is 13.2. The largest absolute Gasteiger partial charge is 0.309 e. The van der Waals surface area contributed by atoms with Gasteiger partial charge in [0.25, 0.3) is 0 Å². The summed E-state index contributed by atoms with van der Waals surface area (Å²) in [7, 11) is 0. The molecule has 0 aliphatic heterocycles. The van der Waals surface area contributed by atoms with E-state index in [-0.39, 0.29) is 0 Å². The minimum Gasteiger partial charge on any atom is -0.309 e. The predicted molar refractivity (Wildman–Crippen MR) is 268 cm³/mol. The fourth-order valence-electron chi connectivity index (χ4n) is 10.3. The predicted octanol–water partition coefficient (Wildman–Crippen LogP) is 15.2. The summed E-state index contributed by atoms with van der Waals surface area (Å²) in [6.07, 6.45) is 3.90. The Hall–Kier alpha value is -8.98. The van der Waals surface area contributed by atoms with Crippen molar-refractivity contribution in [2.75, 3.05) is 0 Å². The molecule has 0 bridgehead atoms. The molecule has 13 rings (SSSR count). The monoisotopic (exact) mass is 827 g/mol. The topological polar surface area (TPSA) is 51.5 Å². The Bertz CT molecular complexity index is 3770. The maximum atomic E-state index is 9.60. The zero-order valence-corrected chi connectivity index (χ0v) is 35.1. The molecule has 13 aromatic rings. The molecule has 9 aromatic carbocycles. The quantitative estimate of drug-likeness (QED) is 0.168. The summed E-state index contributed by atoms with van der Waals surface area (Å²) in [4.78, 5) is 4.78. The SMILES string of the molecule is N#Cc1ccc(-c2c(-c3ccccc3)cncc2-c2ccc(-n3c4ccc(-n5c6ccccc6c6ccccc65)cc4c4cc(-n5c6ccccc6c6ccccc65)ccc43)cc2)cc1. The van der Waals surface area contributed by atoms with E-state index in [0.717, 1.165) is 61.5 Å². The molecule has 0 radical (unpaired) electrons. The zero-order chi connectivity index (χ0) is 43.0. The van der Waals surface area contributed by atoms with Crippen molar-refractivity contribution in [2.24, 2.45) is 0 Å². The molecule has 5 heteroatoms. The molecule has 0 aliphatic carbocycles. The average Bonchev–Trinajstić information content (AvgIpc) is 4.02. The number of benzene rings is 9. The number of pyridine rings is 1. The maximum Gasteiger partial charge on any atom is 0.0991 e. The number of nitriles is 1. The zero-order valence-electron chi connectivity index (χ0n) is 35.1. The molecule has 0 spiro atoms. The number of rotatable bonds is 6. The van der Waals surface area contributed by atoms with Crippen molar-refractivity contribution in [2.45, 2.75) is 0 Å². The number of aromatic nitrogens is 4. The van der Waals surface area contributed by atoms with Crippen LogP contribution < -0.4 is 0 Å². The first-order chi connectivity index (χ1) is 32.2. The lowest BCUT2D eigenvalue weighted by atomic mass is 9.89. The highest BCUT2D eigenvalue weighted by atomic mass is 15.0. The normalized spacial score (nSPS) is 11.7. The first-order valence-corrected chi connectivity index (χ1v) is 21.9. The lowest BCUT2D eigenvalue weighted by Gasteiger charge is -2.16. The molecule has 0 saturated carbocycles. The Morgan fingerprint density at radius 3 is 1.15 bits per heavy atom. The minimum atomic E-state index is 0.630. The van der Waals surface area contributed by atoms with Crippen LogP contribution in [0.2, 0.25) is 0 Å². The molecule has 0 aliphatic rings. The Morgan fingerprint density at radius 1 is 0.323 bits per heavy atom. The van der Waals surface area contributed by atoms with Crippen LogP contribution in [-0.2, 0) is 0 Å². The van der Waals surface area contributed by atoms with E-state index >= 15 is 0 Å². The van der Waals surface area contributed by atoms with E-state index in [1.807, 2.05) is 42.7 Å². The van der Waals surface area contributed by atoms with Crippen molar-refractivity contribution in [1.82, 2.24) is 18.7 Å². The van der Waals surface area contributed by atoms with Gasteiger partial charge in [-0.1, -0.05) is 127 Å². The van der Waals surface area contributed by atoms with Crippen molar-refractivity contribution in [3.8, 4) is 56.5 Å². The molecular weight excluding hydrogens is 791 g/mol. The van der Waals surface area contributed by atoms with Gasteiger partial charge in [-0.15, -0.1) is 0 Å². The summed E-state index contributed by atoms with van der Waals surface area (Å²) in [6.45, 7) is 0. The van der Waals surface area contributed by atoms with Crippen LogP contribution in [-0.4, -0.2) is 18.7 Å². The molecule has 65 heavy (non-hydrogen) atoms. The second-order valence-corrected chi connectivity index (χ2v) is 16.7. The van der Waals surface area contributed by atoms with Gasteiger partial charge in [-0.05, 0) is 102 Å². The van der Waals surface area contributed by atoms with E-state index in [2.05, 4.69) is 202 Å². The van der Waals surface area contributed by atoms with Crippen LogP contribution in [0.25, 0.3) is 116 Å². The third kappa shape index (κ3) is 5.68. The van der Waals surface area contributed by atoms with Gasteiger partial charge >= 0.3 is 0 Å². The van der Waals surface area contributed by atoms with E-state index in [9.17, 15) is 5.26 Å². The van der Waals surface area contributed by atoms with Gasteiger partial charge in [0.1, 0.15) is 0 Å². The van der Waals surface area contributed by atoms with Gasteiger partial charge in [0, 0.05) is 78.5 Å². The molecule has 0 atom stereocenters. The van der Waals surface area contributed by atoms with Crippen LogP contribution in [0.15, 0.2) is 225 Å². The van der Waals surface area contributed by atoms with Gasteiger partial charge in [-0.2, -0.15) is 5.26 Å². The van der Waals surface area contributed by atoms with Crippen LogP contribution in [0, 0.1) is 11.3 Å². The Morgan fingerprint density at radius 2 is 0.692 bits per heavy atom. The Kier molecular flexibility index (Phi) is 8.21. The van der Waals surface area contributed by atoms with Crippen LogP contribution in [0.1, 0.15) is 5.56 Å². The second-order valence-electron chi connectivity index (χ2n) is 16.7. The molecule has 0 unspecified atom stereocenters. The van der Waals surface area contributed by atoms with Crippen molar-refractivity contribution in [1.29, 1.82) is 5.26 Å². The Balaban J connectivity index is 1.03. The van der Waals surface area contributed by atoms with Gasteiger partial charge in [-0.3, -0.25) is 4.98 Å². The highest BCUT2D eigenvalue weighted by molar-refractivity contribution is 6.14. The van der Waals surface area contributed by atoms with Crippen LogP contribution in [0.3, 0.4) is 0 Å². The Labute approximate surface area is 374 Å². The molecule has 0 N–H and O–H groups in total. The molecule has 0 amide bonds. The molecule has 5 nitrogen and oxygen atoms in total. The summed E-state index contributed by atoms with van der Waals surface area (Å²) in [5.41, 5.74) is 17.2. The lowest BCUT2D eigenvalue weighted by Crippen LogP contribution is -1.97. The molecule has 4 aromatic heterocycles. The van der Waals surface area contributed by atoms with Crippen LogP contribution in [0.5, 0.6) is 0 Å². The number of nitrogens with zero attached hydrogens (tertiary/aromatic N) is 5. The van der Waals surface area contributed by atoms with Gasteiger partial charge in [-0.25, -0.2) is 0 Å². The summed E-state index contributed by atoms with van der Waals surface area (Å²) in [6, 6.07) is 78.1. The van der Waals surface area contributed by atoms with Crippen molar-refractivity contribution >= 4 is 65.4 Å². The summed E-state index contributed by atoms with van der Waals surface area (Å²) in [5, 5.41) is 16.9. The average molecular weight is 828 g/mol. The number of fused-ring (bicyclic) bond motifs is 9. The first-order valence-electron chi connectivity index (χ1n) is 21.9. The minimum absolute atomic E-state index is 0.630. The van der Waals surface area contributed by atoms with Crippen molar-refractivity contribution < 1.29 is 0 Å². The third-order valence-corrected chi connectivity index (χ3v) is 13.2. The summed E-state index contributed by atoms with van der Waals surface area (Å²) >= 11 is 0. The number of hydrogen-bond acceptors (Lipinski definition) is 2. The van der Waals surface area contributed by atoms with E-state index < -0.39 is 0 Å². The molecule has 0 fully saturated rings. The summed E-state index contributed by atoms with van der Waals surface area (Å²) in [5.74, 6) is 0. The molecular formula is C60H37N5. The molecule has 4 heterocycles. The van der Waals surface area contributed by atoms with Gasteiger partial charge in [0.2, 0.25) is 0 Å². The summed E-state index contributed by atoms with van der Waals surface area (Å²) < 4.78 is 7.21. The molecule has 0 saturated heterocycles. The highest BCUT2D eigenvalue weighted by Gasteiger charge is 2.20. The van der Waals surface area contributed by atoms with Crippen LogP contribution in [0.4, 0.5) is 0 Å². The molecule has 302 valence electrons. The fourth-order valence-corrected chi connectivity index (χ4v) is 10.3. The second kappa shape index (κ2) is 14.6. The van der Waals surface area contributed by atoms with Gasteiger partial charge in [0.05, 0.1) is 44.7 Å². The number of hydrogen-bond donors (Lipinski definition) is 0. The lowest BCUT2D eigenvalue weighted by molar-refractivity contribution is 1.16. The maximum absolute atomic E-state index is 9.60. The number of para-hydroxylation sites is 4. The van der Waals surface area contributed by atoms with E-state index in [4.69, 9.17) is 4.98 Å². The fraction of sp³-hybridized carbons (Fsp3) is 0. The smallest absolute Gasteiger partial charge is 0.0991 e. The first kappa shape index (κ1) is 36.7. The standard InChI is InChI=1S/C60H37N5/c61-36-39-22-24-42(25-23-39)60-52(40-12-2-1-3-13-40)37-62-38-53(60)41-26-28-43(29-27-41)63-58-32-30-44(64-54-18-8-4-14-46(54)47-15-5-9-19-55(47)64)34-50(58)51-35-45(31-33-59(51)63)65-56-20-10-6-16-48(56)49-17-7-11-21-57(49)65/h1-35,37-38H. The van der Waals surface area contributed by atoms with Gasteiger partial charge < -0.3 is 13.7 Å².